The number of hydrogen-bond acceptors (Lipinski definition) is 2. The molecule has 0 aliphatic rings. The van der Waals surface area contributed by atoms with Gasteiger partial charge >= 0.3 is 0 Å². The summed E-state index contributed by atoms with van der Waals surface area (Å²) in [6, 6.07) is 42.6. The van der Waals surface area contributed by atoms with Crippen molar-refractivity contribution in [2.45, 2.75) is 0 Å². The first-order valence-corrected chi connectivity index (χ1v) is 13.8. The van der Waals surface area contributed by atoms with Gasteiger partial charge in [-0.3, -0.25) is 9.97 Å². The van der Waals surface area contributed by atoms with Gasteiger partial charge in [-0.2, -0.15) is 0 Å². The zero-order chi connectivity index (χ0) is 27.2. The second-order valence-corrected chi connectivity index (χ2v) is 10.4. The molecule has 3 nitrogen and oxygen atoms in total. The summed E-state index contributed by atoms with van der Waals surface area (Å²) in [5, 5.41) is 11.6. The molecule has 5 aromatic carbocycles. The van der Waals surface area contributed by atoms with Crippen LogP contribution in [-0.4, -0.2) is 15.0 Å². The van der Waals surface area contributed by atoms with E-state index in [1.807, 2.05) is 18.5 Å². The number of fused-ring (bicyclic) bond motifs is 4. The van der Waals surface area contributed by atoms with Crippen LogP contribution in [0.3, 0.4) is 0 Å². The molecule has 0 bridgehead atoms. The molecule has 0 amide bonds. The molecule has 0 radical (unpaired) electrons. The molecule has 0 saturated heterocycles. The van der Waals surface area contributed by atoms with Gasteiger partial charge in [-0.05, 0) is 69.6 Å². The molecule has 0 aliphatic heterocycles. The van der Waals surface area contributed by atoms with Crippen molar-refractivity contribution in [3.63, 3.8) is 0 Å². The van der Waals surface area contributed by atoms with Crippen LogP contribution in [0.5, 0.6) is 0 Å². The predicted molar refractivity (Wildman–Crippen MR) is 171 cm³/mol. The van der Waals surface area contributed by atoms with Crippen LogP contribution in [0.1, 0.15) is 11.3 Å². The molecule has 3 aromatic heterocycles. The van der Waals surface area contributed by atoms with E-state index in [0.717, 1.165) is 44.0 Å². The fraction of sp³-hybridized carbons (Fsp3) is 0. The van der Waals surface area contributed by atoms with Crippen molar-refractivity contribution in [3.8, 4) is 11.3 Å². The molecule has 0 aliphatic carbocycles. The maximum Gasteiger partial charge on any atom is 0.0728 e. The molecule has 0 spiro atoms. The van der Waals surface area contributed by atoms with E-state index >= 15 is 0 Å². The summed E-state index contributed by atoms with van der Waals surface area (Å²) < 4.78 is 0. The summed E-state index contributed by atoms with van der Waals surface area (Å²) in [7, 11) is 0. The third-order valence-electron chi connectivity index (χ3n) is 7.85. The van der Waals surface area contributed by atoms with Crippen molar-refractivity contribution < 1.29 is 0 Å². The average Bonchev–Trinajstić information content (AvgIpc) is 3.35. The first kappa shape index (κ1) is 23.4. The zero-order valence-electron chi connectivity index (χ0n) is 22.3. The van der Waals surface area contributed by atoms with E-state index in [-0.39, 0.29) is 0 Å². The van der Waals surface area contributed by atoms with Gasteiger partial charge in [-0.25, -0.2) is 0 Å². The lowest BCUT2D eigenvalue weighted by atomic mass is 10.0. The monoisotopic (exact) mass is 523 g/mol. The van der Waals surface area contributed by atoms with Gasteiger partial charge in [0, 0.05) is 50.2 Å². The molecule has 192 valence electrons. The lowest BCUT2D eigenvalue weighted by Gasteiger charge is -2.04. The fourth-order valence-corrected chi connectivity index (χ4v) is 5.78. The summed E-state index contributed by atoms with van der Waals surface area (Å²) >= 11 is 0. The smallest absolute Gasteiger partial charge is 0.0728 e. The van der Waals surface area contributed by atoms with Crippen LogP contribution >= 0.6 is 0 Å². The Labute approximate surface area is 236 Å². The lowest BCUT2D eigenvalue weighted by Crippen LogP contribution is -2.10. The van der Waals surface area contributed by atoms with E-state index in [2.05, 4.69) is 132 Å². The van der Waals surface area contributed by atoms with Crippen LogP contribution in [0.2, 0.25) is 0 Å². The fourth-order valence-electron chi connectivity index (χ4n) is 5.78. The third-order valence-corrected chi connectivity index (χ3v) is 7.85. The Balaban J connectivity index is 1.33. The largest absolute Gasteiger partial charge is 0.354 e. The van der Waals surface area contributed by atoms with Gasteiger partial charge in [0.15, 0.2) is 0 Å². The highest BCUT2D eigenvalue weighted by atomic mass is 14.7. The second-order valence-electron chi connectivity index (χ2n) is 10.4. The molecule has 1 N–H and O–H groups in total. The first-order valence-electron chi connectivity index (χ1n) is 13.8. The number of pyridine rings is 2. The van der Waals surface area contributed by atoms with E-state index in [4.69, 9.17) is 9.97 Å². The Bertz CT molecular complexity index is 2380. The molecule has 3 heterocycles. The van der Waals surface area contributed by atoms with Crippen LogP contribution < -0.4 is 10.7 Å². The molecule has 0 unspecified atom stereocenters. The van der Waals surface area contributed by atoms with E-state index in [1.54, 1.807) is 0 Å². The van der Waals surface area contributed by atoms with Crippen LogP contribution in [0, 0.1) is 0 Å². The van der Waals surface area contributed by atoms with Crippen molar-refractivity contribution in [3.05, 3.63) is 156 Å². The van der Waals surface area contributed by atoms with Gasteiger partial charge in [-0.1, -0.05) is 91.0 Å². The normalized spacial score (nSPS) is 12.7. The minimum atomic E-state index is 0.954. The van der Waals surface area contributed by atoms with Gasteiger partial charge in [0.2, 0.25) is 0 Å². The van der Waals surface area contributed by atoms with E-state index in [0.29, 0.717) is 0 Å². The summed E-state index contributed by atoms with van der Waals surface area (Å²) in [5.41, 5.74) is 4.13. The van der Waals surface area contributed by atoms with E-state index < -0.39 is 0 Å². The Morgan fingerprint density at radius 2 is 1.15 bits per heavy atom. The number of nitrogens with zero attached hydrogens (tertiary/aromatic N) is 2. The number of aromatic nitrogens is 3. The number of benzene rings is 5. The highest BCUT2D eigenvalue weighted by Gasteiger charge is 2.07. The van der Waals surface area contributed by atoms with Gasteiger partial charge in [-0.15, -0.1) is 0 Å². The minimum absolute atomic E-state index is 0.954. The Morgan fingerprint density at radius 1 is 0.488 bits per heavy atom. The van der Waals surface area contributed by atoms with Crippen LogP contribution in [0.25, 0.3) is 66.5 Å². The molecule has 8 aromatic rings. The lowest BCUT2D eigenvalue weighted by molar-refractivity contribution is 1.26. The Kier molecular flexibility index (Phi) is 5.46. The summed E-state index contributed by atoms with van der Waals surface area (Å²) in [6.07, 6.45) is 8.24. The number of rotatable bonds is 3. The summed E-state index contributed by atoms with van der Waals surface area (Å²) in [4.78, 5) is 13.2. The molecule has 3 heteroatoms. The molecular weight excluding hydrogens is 498 g/mol. The van der Waals surface area contributed by atoms with E-state index in [1.165, 1.54) is 32.3 Å². The van der Waals surface area contributed by atoms with Crippen molar-refractivity contribution in [2.24, 2.45) is 0 Å². The molecule has 8 rings (SSSR count). The number of aromatic amines is 1. The number of hydrogen-bond donors (Lipinski definition) is 1. The molecule has 41 heavy (non-hydrogen) atoms. The summed E-state index contributed by atoms with van der Waals surface area (Å²) in [6.45, 7) is 0. The van der Waals surface area contributed by atoms with Crippen molar-refractivity contribution in [1.82, 2.24) is 15.0 Å². The first-order chi connectivity index (χ1) is 20.3. The highest BCUT2D eigenvalue weighted by molar-refractivity contribution is 6.00. The molecule has 0 atom stereocenters. The number of H-pyrrole nitrogens is 1. The highest BCUT2D eigenvalue weighted by Crippen LogP contribution is 2.24. The molecular formula is C38H25N3. The Hall–Kier alpha value is -5.54. The SMILES string of the molecule is C(/c1cccc(-c2cc3ccccc3cn2)c1)=c1/[nH]/c(=C\c2nccc3ccccc23)c2cc3ccccc3cc12. The maximum atomic E-state index is 4.75. The van der Waals surface area contributed by atoms with Gasteiger partial charge < -0.3 is 4.98 Å². The van der Waals surface area contributed by atoms with Gasteiger partial charge in [0.25, 0.3) is 0 Å². The van der Waals surface area contributed by atoms with Crippen molar-refractivity contribution >= 4 is 55.2 Å². The topological polar surface area (TPSA) is 41.6 Å². The Morgan fingerprint density at radius 3 is 1.93 bits per heavy atom. The molecule has 0 saturated carbocycles. The van der Waals surface area contributed by atoms with E-state index in [9.17, 15) is 0 Å². The van der Waals surface area contributed by atoms with Crippen LogP contribution in [0.15, 0.2) is 134 Å². The molecule has 0 fully saturated rings. The van der Waals surface area contributed by atoms with Crippen molar-refractivity contribution in [2.75, 3.05) is 0 Å². The number of nitrogens with one attached hydrogen (secondary N) is 1. The quantitative estimate of drug-likeness (QED) is 0.257. The van der Waals surface area contributed by atoms with Crippen LogP contribution in [-0.2, 0) is 0 Å². The maximum absolute atomic E-state index is 4.75. The zero-order valence-corrected chi connectivity index (χ0v) is 22.3. The van der Waals surface area contributed by atoms with Crippen molar-refractivity contribution in [1.29, 1.82) is 0 Å². The van der Waals surface area contributed by atoms with Gasteiger partial charge in [0.1, 0.15) is 0 Å². The predicted octanol–water partition coefficient (Wildman–Crippen LogP) is 7.74. The third kappa shape index (κ3) is 4.25. The average molecular weight is 524 g/mol. The standard InChI is InChI=1S/C38H25N3/c1-2-11-28-21-34-33(20-27(28)10-1)37(41-38(34)23-36-32-15-6-5-9-26(32)16-17-39-36)19-25-8-7-14-30(18-25)35-22-29-12-3-4-13-31(29)24-40-35/h1-24,41H/b37-19-,38-23-. The second kappa shape index (κ2) is 9.58. The van der Waals surface area contributed by atoms with Crippen LogP contribution in [0.4, 0.5) is 0 Å². The minimum Gasteiger partial charge on any atom is -0.354 e. The summed E-state index contributed by atoms with van der Waals surface area (Å²) in [5.74, 6) is 0. The van der Waals surface area contributed by atoms with Gasteiger partial charge in [0.05, 0.1) is 11.4 Å².